The first-order chi connectivity index (χ1) is 10.4. The third kappa shape index (κ3) is 2.37. The molecule has 0 saturated carbocycles. The van der Waals surface area contributed by atoms with Crippen LogP contribution in [-0.4, -0.2) is 13.0 Å². The molecule has 1 N–H and O–H groups in total. The Labute approximate surface area is 124 Å². The molecule has 0 atom stereocenters. The lowest BCUT2D eigenvalue weighted by molar-refractivity contribution is 0.524. The fraction of sp³-hybridized carbons (Fsp3) is 0.0714. The van der Waals surface area contributed by atoms with Gasteiger partial charge in [0.25, 0.3) is 10.0 Å². The summed E-state index contributed by atoms with van der Waals surface area (Å²) in [6, 6.07) is 10.1. The van der Waals surface area contributed by atoms with E-state index in [4.69, 9.17) is 4.42 Å². The molecule has 0 aliphatic carbocycles. The largest absolute Gasteiger partial charge is 0.419 e. The van der Waals surface area contributed by atoms with Crippen LogP contribution in [0.25, 0.3) is 11.1 Å². The number of oxazole rings is 1. The van der Waals surface area contributed by atoms with Crippen molar-refractivity contribution < 1.29 is 17.2 Å². The van der Waals surface area contributed by atoms with Crippen LogP contribution in [0.5, 0.6) is 0 Å². The molecule has 3 rings (SSSR count). The molecule has 0 aliphatic heterocycles. The molecule has 0 amide bonds. The second-order valence-electron chi connectivity index (χ2n) is 4.65. The van der Waals surface area contributed by atoms with E-state index in [1.165, 1.54) is 7.05 Å². The SMILES string of the molecule is Cn1c(=O)oc2cc(F)c(S(=O)(=O)Nc3ccccc3)cc21. The molecule has 22 heavy (non-hydrogen) atoms. The number of fused-ring (bicyclic) bond motifs is 1. The minimum absolute atomic E-state index is 0.0105. The average molecular weight is 322 g/mol. The zero-order valence-electron chi connectivity index (χ0n) is 11.4. The lowest BCUT2D eigenvalue weighted by Gasteiger charge is -2.09. The van der Waals surface area contributed by atoms with Crippen molar-refractivity contribution >= 4 is 26.8 Å². The lowest BCUT2D eigenvalue weighted by Crippen LogP contribution is -2.15. The number of para-hydroxylation sites is 1. The van der Waals surface area contributed by atoms with Crippen molar-refractivity contribution in [1.29, 1.82) is 0 Å². The summed E-state index contributed by atoms with van der Waals surface area (Å²) < 4.78 is 46.9. The highest BCUT2D eigenvalue weighted by molar-refractivity contribution is 7.92. The Morgan fingerprint density at radius 2 is 1.86 bits per heavy atom. The number of nitrogens with zero attached hydrogens (tertiary/aromatic N) is 1. The Hall–Kier alpha value is -2.61. The maximum absolute atomic E-state index is 14.1. The number of aromatic nitrogens is 1. The maximum atomic E-state index is 14.1. The summed E-state index contributed by atoms with van der Waals surface area (Å²) >= 11 is 0. The van der Waals surface area contributed by atoms with Crippen LogP contribution in [0.1, 0.15) is 0 Å². The third-order valence-electron chi connectivity index (χ3n) is 3.16. The van der Waals surface area contributed by atoms with E-state index >= 15 is 0 Å². The molecule has 1 heterocycles. The van der Waals surface area contributed by atoms with Gasteiger partial charge in [0, 0.05) is 18.8 Å². The Kier molecular flexibility index (Phi) is 3.25. The van der Waals surface area contributed by atoms with Crippen molar-refractivity contribution in [3.05, 3.63) is 58.8 Å². The fourth-order valence-corrected chi connectivity index (χ4v) is 3.19. The number of anilines is 1. The van der Waals surface area contributed by atoms with E-state index in [1.54, 1.807) is 30.3 Å². The summed E-state index contributed by atoms with van der Waals surface area (Å²) in [5.41, 5.74) is 0.492. The number of hydrogen-bond donors (Lipinski definition) is 1. The van der Waals surface area contributed by atoms with E-state index in [2.05, 4.69) is 4.72 Å². The lowest BCUT2D eigenvalue weighted by atomic mass is 10.3. The number of nitrogens with one attached hydrogen (secondary N) is 1. The first-order valence-corrected chi connectivity index (χ1v) is 7.74. The molecule has 0 radical (unpaired) electrons. The summed E-state index contributed by atoms with van der Waals surface area (Å²) in [6.45, 7) is 0. The van der Waals surface area contributed by atoms with Crippen LogP contribution < -0.4 is 10.5 Å². The van der Waals surface area contributed by atoms with Gasteiger partial charge in [-0.25, -0.2) is 17.6 Å². The van der Waals surface area contributed by atoms with Crippen LogP contribution in [0.2, 0.25) is 0 Å². The van der Waals surface area contributed by atoms with Crippen LogP contribution in [0.15, 0.2) is 56.6 Å². The minimum atomic E-state index is -4.13. The van der Waals surface area contributed by atoms with Gasteiger partial charge >= 0.3 is 5.76 Å². The van der Waals surface area contributed by atoms with Crippen molar-refractivity contribution in [3.63, 3.8) is 0 Å². The zero-order valence-corrected chi connectivity index (χ0v) is 12.2. The first-order valence-electron chi connectivity index (χ1n) is 6.25. The van der Waals surface area contributed by atoms with Gasteiger partial charge in [-0.1, -0.05) is 18.2 Å². The topological polar surface area (TPSA) is 81.3 Å². The standard InChI is InChI=1S/C14H11FN2O4S/c1-17-11-8-13(10(15)7-12(11)21-14(17)18)22(19,20)16-9-5-3-2-4-6-9/h2-8,16H,1H3. The number of rotatable bonds is 3. The van der Waals surface area contributed by atoms with Gasteiger partial charge in [-0.15, -0.1) is 0 Å². The van der Waals surface area contributed by atoms with Gasteiger partial charge in [-0.3, -0.25) is 9.29 Å². The average Bonchev–Trinajstić information content (AvgIpc) is 2.73. The van der Waals surface area contributed by atoms with Crippen LogP contribution in [0.3, 0.4) is 0 Å². The Bertz CT molecular complexity index is 1010. The molecule has 0 spiro atoms. The van der Waals surface area contributed by atoms with Crippen LogP contribution in [0.4, 0.5) is 10.1 Å². The number of hydrogen-bond acceptors (Lipinski definition) is 4. The van der Waals surface area contributed by atoms with E-state index in [0.29, 0.717) is 5.69 Å². The summed E-state index contributed by atoms with van der Waals surface area (Å²) in [4.78, 5) is 10.9. The maximum Gasteiger partial charge on any atom is 0.419 e. The molecule has 6 nitrogen and oxygen atoms in total. The Morgan fingerprint density at radius 1 is 1.18 bits per heavy atom. The second-order valence-corrected chi connectivity index (χ2v) is 6.30. The first kappa shape index (κ1) is 14.3. The number of sulfonamides is 1. The molecule has 8 heteroatoms. The molecule has 2 aromatic carbocycles. The smallest absolute Gasteiger partial charge is 0.408 e. The highest BCUT2D eigenvalue weighted by Crippen LogP contribution is 2.23. The number of halogens is 1. The number of aryl methyl sites for hydroxylation is 1. The Morgan fingerprint density at radius 3 is 2.55 bits per heavy atom. The fourth-order valence-electron chi connectivity index (χ4n) is 2.05. The molecular formula is C14H11FN2O4S. The van der Waals surface area contributed by atoms with Crippen molar-refractivity contribution in [1.82, 2.24) is 4.57 Å². The van der Waals surface area contributed by atoms with Gasteiger partial charge in [-0.2, -0.15) is 0 Å². The monoisotopic (exact) mass is 322 g/mol. The van der Waals surface area contributed by atoms with Crippen molar-refractivity contribution in [2.24, 2.45) is 7.05 Å². The van der Waals surface area contributed by atoms with Gasteiger partial charge in [0.1, 0.15) is 10.7 Å². The van der Waals surface area contributed by atoms with Crippen LogP contribution in [0, 0.1) is 5.82 Å². The van der Waals surface area contributed by atoms with Crippen molar-refractivity contribution in [3.8, 4) is 0 Å². The predicted molar refractivity (Wildman–Crippen MR) is 78.7 cm³/mol. The summed E-state index contributed by atoms with van der Waals surface area (Å²) in [5, 5.41) is 0. The molecule has 3 aromatic rings. The van der Waals surface area contributed by atoms with Gasteiger partial charge in [0.15, 0.2) is 5.58 Å². The highest BCUT2D eigenvalue weighted by Gasteiger charge is 2.22. The molecule has 0 aliphatic rings. The molecule has 0 unspecified atom stereocenters. The minimum Gasteiger partial charge on any atom is -0.408 e. The number of benzene rings is 2. The molecule has 0 saturated heterocycles. The van der Waals surface area contributed by atoms with Gasteiger partial charge in [-0.05, 0) is 18.2 Å². The van der Waals surface area contributed by atoms with E-state index in [0.717, 1.165) is 16.7 Å². The Balaban J connectivity index is 2.14. The van der Waals surface area contributed by atoms with Gasteiger partial charge in [0.2, 0.25) is 0 Å². The highest BCUT2D eigenvalue weighted by atomic mass is 32.2. The molecule has 1 aromatic heterocycles. The van der Waals surface area contributed by atoms with E-state index < -0.39 is 26.5 Å². The predicted octanol–water partition coefficient (Wildman–Crippen LogP) is 2.07. The summed E-state index contributed by atoms with van der Waals surface area (Å²) in [5.74, 6) is -1.69. The third-order valence-corrected chi connectivity index (χ3v) is 4.56. The van der Waals surface area contributed by atoms with E-state index in [1.807, 2.05) is 0 Å². The van der Waals surface area contributed by atoms with Gasteiger partial charge in [0.05, 0.1) is 5.52 Å². The zero-order chi connectivity index (χ0) is 15.9. The van der Waals surface area contributed by atoms with Gasteiger partial charge < -0.3 is 4.42 Å². The van der Waals surface area contributed by atoms with Crippen molar-refractivity contribution in [2.75, 3.05) is 4.72 Å². The van der Waals surface area contributed by atoms with Crippen molar-refractivity contribution in [2.45, 2.75) is 4.90 Å². The summed E-state index contributed by atoms with van der Waals surface area (Å²) in [6.07, 6.45) is 0. The quantitative estimate of drug-likeness (QED) is 0.800. The van der Waals surface area contributed by atoms with Crippen LogP contribution >= 0.6 is 0 Å². The summed E-state index contributed by atoms with van der Waals surface area (Å²) in [7, 11) is -2.72. The normalized spacial score (nSPS) is 11.7. The molecular weight excluding hydrogens is 311 g/mol. The van der Waals surface area contributed by atoms with E-state index in [-0.39, 0.29) is 11.1 Å². The molecule has 0 bridgehead atoms. The van der Waals surface area contributed by atoms with E-state index in [9.17, 15) is 17.6 Å². The van der Waals surface area contributed by atoms with Crippen LogP contribution in [-0.2, 0) is 17.1 Å². The molecule has 0 fully saturated rings. The molecule has 114 valence electrons. The second kappa shape index (κ2) is 4.99.